The fraction of sp³-hybridized carbons (Fsp3) is 0.308. The number of nitrogens with one attached hydrogen (secondary N) is 1. The molecule has 2 aromatic rings. The Morgan fingerprint density at radius 2 is 2.39 bits per heavy atom. The van der Waals surface area contributed by atoms with Crippen LogP contribution in [-0.2, 0) is 13.1 Å². The van der Waals surface area contributed by atoms with Crippen molar-refractivity contribution >= 4 is 0 Å². The molecule has 1 atom stereocenters. The molecule has 5 heteroatoms. The zero-order chi connectivity index (χ0) is 12.8. The highest BCUT2D eigenvalue weighted by molar-refractivity contribution is 5.25. The molecule has 92 valence electrons. The molecule has 2 heterocycles. The largest absolute Gasteiger partial charge is 0.336 e. The number of pyridine rings is 1. The van der Waals surface area contributed by atoms with E-state index in [4.69, 9.17) is 5.26 Å². The van der Waals surface area contributed by atoms with Gasteiger partial charge in [-0.25, -0.2) is 9.97 Å². The predicted molar refractivity (Wildman–Crippen MR) is 67.5 cm³/mol. The van der Waals surface area contributed by atoms with Crippen molar-refractivity contribution in [2.75, 3.05) is 0 Å². The third-order valence-corrected chi connectivity index (χ3v) is 2.64. The molecule has 5 nitrogen and oxygen atoms in total. The van der Waals surface area contributed by atoms with Crippen LogP contribution in [0.15, 0.2) is 37.1 Å². The molecular formula is C13H15N5. The topological polar surface area (TPSA) is 66.5 Å². The number of nitriles is 1. The van der Waals surface area contributed by atoms with E-state index in [0.717, 1.165) is 18.7 Å². The minimum absolute atomic E-state index is 0.331. The van der Waals surface area contributed by atoms with Crippen molar-refractivity contribution in [3.63, 3.8) is 0 Å². The van der Waals surface area contributed by atoms with Gasteiger partial charge in [0.25, 0.3) is 0 Å². The maximum absolute atomic E-state index is 8.77. The molecule has 0 aliphatic rings. The SMILES string of the molecule is CC(Cn1ccnc1)NCc1ccnc(C#N)c1. The summed E-state index contributed by atoms with van der Waals surface area (Å²) in [6.07, 6.45) is 7.18. The second-order valence-corrected chi connectivity index (χ2v) is 4.20. The van der Waals surface area contributed by atoms with Crippen molar-refractivity contribution in [2.45, 2.75) is 26.1 Å². The summed E-state index contributed by atoms with van der Waals surface area (Å²) in [7, 11) is 0. The van der Waals surface area contributed by atoms with Crippen LogP contribution in [0.1, 0.15) is 18.2 Å². The standard InChI is InChI=1S/C13H15N5/c1-11(9-18-5-4-15-10-18)17-8-12-2-3-16-13(6-12)7-14/h2-6,10-11,17H,8-9H2,1H3. The van der Waals surface area contributed by atoms with Gasteiger partial charge in [-0.1, -0.05) is 0 Å². The lowest BCUT2D eigenvalue weighted by atomic mass is 10.2. The van der Waals surface area contributed by atoms with E-state index in [9.17, 15) is 0 Å². The van der Waals surface area contributed by atoms with Crippen molar-refractivity contribution in [1.29, 1.82) is 5.26 Å². The Kier molecular flexibility index (Phi) is 4.05. The summed E-state index contributed by atoms with van der Waals surface area (Å²) in [5, 5.41) is 12.2. The molecule has 0 aromatic carbocycles. The van der Waals surface area contributed by atoms with Gasteiger partial charge in [0.05, 0.1) is 6.33 Å². The molecule has 0 bridgehead atoms. The van der Waals surface area contributed by atoms with Gasteiger partial charge in [-0.05, 0) is 24.6 Å². The molecule has 18 heavy (non-hydrogen) atoms. The van der Waals surface area contributed by atoms with Crippen LogP contribution in [-0.4, -0.2) is 20.6 Å². The van der Waals surface area contributed by atoms with Gasteiger partial charge in [0.1, 0.15) is 11.8 Å². The first kappa shape index (κ1) is 12.3. The summed E-state index contributed by atoms with van der Waals surface area (Å²) in [6.45, 7) is 3.72. The van der Waals surface area contributed by atoms with E-state index in [0.29, 0.717) is 11.7 Å². The number of nitrogens with zero attached hydrogens (tertiary/aromatic N) is 4. The fourth-order valence-corrected chi connectivity index (χ4v) is 1.71. The van der Waals surface area contributed by atoms with Crippen LogP contribution < -0.4 is 5.32 Å². The molecule has 0 saturated heterocycles. The lowest BCUT2D eigenvalue weighted by Gasteiger charge is -2.14. The van der Waals surface area contributed by atoms with E-state index in [1.165, 1.54) is 0 Å². The Labute approximate surface area is 106 Å². The maximum Gasteiger partial charge on any atom is 0.140 e. The Bertz CT molecular complexity index is 527. The monoisotopic (exact) mass is 241 g/mol. The molecule has 0 aliphatic carbocycles. The maximum atomic E-state index is 8.77. The molecule has 0 fully saturated rings. The highest BCUT2D eigenvalue weighted by Gasteiger charge is 2.03. The normalized spacial score (nSPS) is 12.0. The van der Waals surface area contributed by atoms with Crippen LogP contribution in [0.4, 0.5) is 0 Å². The summed E-state index contributed by atoms with van der Waals surface area (Å²) < 4.78 is 2.03. The van der Waals surface area contributed by atoms with Crippen molar-refractivity contribution in [1.82, 2.24) is 19.9 Å². The Hall–Kier alpha value is -2.19. The number of hydrogen-bond donors (Lipinski definition) is 1. The third-order valence-electron chi connectivity index (χ3n) is 2.64. The van der Waals surface area contributed by atoms with Gasteiger partial charge in [-0.2, -0.15) is 5.26 Å². The highest BCUT2D eigenvalue weighted by atomic mass is 15.1. The quantitative estimate of drug-likeness (QED) is 0.857. The van der Waals surface area contributed by atoms with Crippen LogP contribution >= 0.6 is 0 Å². The third kappa shape index (κ3) is 3.40. The van der Waals surface area contributed by atoms with E-state index in [2.05, 4.69) is 22.2 Å². The summed E-state index contributed by atoms with van der Waals surface area (Å²) in [6, 6.07) is 6.09. The molecule has 0 aliphatic heterocycles. The Balaban J connectivity index is 1.85. The molecule has 0 spiro atoms. The van der Waals surface area contributed by atoms with Gasteiger partial charge >= 0.3 is 0 Å². The molecule has 0 amide bonds. The van der Waals surface area contributed by atoms with Gasteiger partial charge in [0, 0.05) is 37.7 Å². The number of aromatic nitrogens is 3. The van der Waals surface area contributed by atoms with Gasteiger partial charge in [0.2, 0.25) is 0 Å². The molecule has 0 radical (unpaired) electrons. The summed E-state index contributed by atoms with van der Waals surface area (Å²) in [4.78, 5) is 7.95. The van der Waals surface area contributed by atoms with Crippen molar-refractivity contribution in [3.8, 4) is 6.07 Å². The van der Waals surface area contributed by atoms with E-state index in [1.54, 1.807) is 24.8 Å². The van der Waals surface area contributed by atoms with Crippen molar-refractivity contribution in [2.24, 2.45) is 0 Å². The molecule has 2 aromatic heterocycles. The average molecular weight is 241 g/mol. The van der Waals surface area contributed by atoms with Crippen LogP contribution in [0.3, 0.4) is 0 Å². The first-order valence-electron chi connectivity index (χ1n) is 5.82. The van der Waals surface area contributed by atoms with Crippen LogP contribution in [0, 0.1) is 11.3 Å². The minimum atomic E-state index is 0.331. The first-order chi connectivity index (χ1) is 8.78. The van der Waals surface area contributed by atoms with E-state index >= 15 is 0 Å². The minimum Gasteiger partial charge on any atom is -0.336 e. The average Bonchev–Trinajstić information content (AvgIpc) is 2.89. The number of imidazole rings is 1. The molecule has 1 unspecified atom stereocenters. The second kappa shape index (κ2) is 5.94. The van der Waals surface area contributed by atoms with E-state index in [1.807, 2.05) is 22.9 Å². The lowest BCUT2D eigenvalue weighted by Crippen LogP contribution is -2.29. The fourth-order valence-electron chi connectivity index (χ4n) is 1.71. The van der Waals surface area contributed by atoms with Gasteiger partial charge < -0.3 is 9.88 Å². The summed E-state index contributed by atoms with van der Waals surface area (Å²) >= 11 is 0. The highest BCUT2D eigenvalue weighted by Crippen LogP contribution is 2.01. The smallest absolute Gasteiger partial charge is 0.140 e. The molecule has 2 rings (SSSR count). The Morgan fingerprint density at radius 3 is 3.11 bits per heavy atom. The second-order valence-electron chi connectivity index (χ2n) is 4.20. The lowest BCUT2D eigenvalue weighted by molar-refractivity contribution is 0.476. The first-order valence-corrected chi connectivity index (χ1v) is 5.82. The zero-order valence-electron chi connectivity index (χ0n) is 10.2. The predicted octanol–water partition coefficient (Wildman–Crippen LogP) is 1.33. The summed E-state index contributed by atoms with van der Waals surface area (Å²) in [5.74, 6) is 0. The van der Waals surface area contributed by atoms with Gasteiger partial charge in [0.15, 0.2) is 0 Å². The van der Waals surface area contributed by atoms with Crippen molar-refractivity contribution in [3.05, 3.63) is 48.3 Å². The molecular weight excluding hydrogens is 226 g/mol. The zero-order valence-corrected chi connectivity index (χ0v) is 10.2. The molecule has 0 saturated carbocycles. The number of rotatable bonds is 5. The van der Waals surface area contributed by atoms with E-state index < -0.39 is 0 Å². The van der Waals surface area contributed by atoms with Crippen LogP contribution in [0.5, 0.6) is 0 Å². The van der Waals surface area contributed by atoms with Gasteiger partial charge in [-0.3, -0.25) is 0 Å². The molecule has 1 N–H and O–H groups in total. The van der Waals surface area contributed by atoms with Gasteiger partial charge in [-0.15, -0.1) is 0 Å². The number of hydrogen-bond acceptors (Lipinski definition) is 4. The summed E-state index contributed by atoms with van der Waals surface area (Å²) in [5.41, 5.74) is 1.52. The van der Waals surface area contributed by atoms with E-state index in [-0.39, 0.29) is 0 Å². The Morgan fingerprint density at radius 1 is 1.50 bits per heavy atom. The van der Waals surface area contributed by atoms with Crippen LogP contribution in [0.2, 0.25) is 0 Å². The van der Waals surface area contributed by atoms with Crippen LogP contribution in [0.25, 0.3) is 0 Å². The van der Waals surface area contributed by atoms with Crippen molar-refractivity contribution < 1.29 is 0 Å².